The van der Waals surface area contributed by atoms with Crippen LogP contribution in [-0.4, -0.2) is 22.2 Å². The van der Waals surface area contributed by atoms with Gasteiger partial charge in [0.25, 0.3) is 0 Å². The van der Waals surface area contributed by atoms with Crippen LogP contribution in [-0.2, 0) is 0 Å². The zero-order chi connectivity index (χ0) is 20.4. The van der Waals surface area contributed by atoms with Crippen molar-refractivity contribution in [1.29, 1.82) is 0 Å². The zero-order valence-corrected chi connectivity index (χ0v) is 15.3. The molecule has 1 aliphatic rings. The normalized spacial score (nSPS) is 16.1. The molecule has 0 aliphatic carbocycles. The van der Waals surface area contributed by atoms with Crippen LogP contribution in [0.4, 0.5) is 4.79 Å². The molecule has 0 radical (unpaired) electrons. The Balaban J connectivity index is 1.93. The maximum Gasteiger partial charge on any atom is 0.339 e. The molecule has 6 heteroatoms. The van der Waals surface area contributed by atoms with Gasteiger partial charge in [0.15, 0.2) is 0 Å². The quantitative estimate of drug-likeness (QED) is 0.544. The molecule has 0 saturated carbocycles. The van der Waals surface area contributed by atoms with E-state index in [2.05, 4.69) is 10.6 Å². The zero-order valence-electron chi connectivity index (χ0n) is 15.3. The number of benzene rings is 3. The molecule has 3 aromatic carbocycles. The molecule has 0 bridgehead atoms. The molecule has 0 saturated heterocycles. The number of urea groups is 1. The van der Waals surface area contributed by atoms with Crippen molar-refractivity contribution in [1.82, 2.24) is 10.6 Å². The highest BCUT2D eigenvalue weighted by atomic mass is 16.4. The van der Waals surface area contributed by atoms with Crippen molar-refractivity contribution < 1.29 is 19.8 Å². The van der Waals surface area contributed by atoms with Crippen molar-refractivity contribution in [2.24, 2.45) is 0 Å². The SMILES string of the molecule is O=C1NC(c2ccccc2)=C(c2ccccc2)C(c2ccc(C(=O)O)c(O)c2)N1. The van der Waals surface area contributed by atoms with Crippen molar-refractivity contribution in [2.45, 2.75) is 6.04 Å². The molecular weight excluding hydrogens is 368 g/mol. The van der Waals surface area contributed by atoms with E-state index in [-0.39, 0.29) is 17.3 Å². The number of nitrogens with one attached hydrogen (secondary N) is 2. The number of aromatic carboxylic acids is 1. The van der Waals surface area contributed by atoms with Gasteiger partial charge in [-0.05, 0) is 28.8 Å². The van der Waals surface area contributed by atoms with E-state index in [0.29, 0.717) is 11.3 Å². The van der Waals surface area contributed by atoms with Gasteiger partial charge in [-0.2, -0.15) is 0 Å². The average Bonchev–Trinajstić information content (AvgIpc) is 2.74. The third-order valence-electron chi connectivity index (χ3n) is 4.80. The van der Waals surface area contributed by atoms with E-state index in [0.717, 1.165) is 16.7 Å². The second kappa shape index (κ2) is 7.52. The monoisotopic (exact) mass is 386 g/mol. The Morgan fingerprint density at radius 2 is 1.48 bits per heavy atom. The molecule has 6 nitrogen and oxygen atoms in total. The molecule has 144 valence electrons. The topological polar surface area (TPSA) is 98.7 Å². The Labute approximate surface area is 167 Å². The van der Waals surface area contributed by atoms with E-state index in [4.69, 9.17) is 0 Å². The predicted molar refractivity (Wildman–Crippen MR) is 109 cm³/mol. The van der Waals surface area contributed by atoms with Crippen LogP contribution in [0.1, 0.15) is 33.1 Å². The molecule has 0 spiro atoms. The van der Waals surface area contributed by atoms with Crippen LogP contribution in [0.2, 0.25) is 0 Å². The molecule has 1 aliphatic heterocycles. The van der Waals surface area contributed by atoms with Gasteiger partial charge in [-0.3, -0.25) is 0 Å². The molecule has 4 rings (SSSR count). The molecule has 29 heavy (non-hydrogen) atoms. The Hall–Kier alpha value is -4.06. The number of aromatic hydroxyl groups is 1. The summed E-state index contributed by atoms with van der Waals surface area (Å²) >= 11 is 0. The highest BCUT2D eigenvalue weighted by molar-refractivity contribution is 6.03. The van der Waals surface area contributed by atoms with Crippen molar-refractivity contribution in [2.75, 3.05) is 0 Å². The standard InChI is InChI=1S/C23H18N2O4/c26-18-13-16(11-12-17(18)22(27)28)21-19(14-7-3-1-4-8-14)20(24-23(29)25-21)15-9-5-2-6-10-15/h1-13,21,26H,(H,27,28)(H2,24,25,29). The molecule has 0 fully saturated rings. The first-order valence-electron chi connectivity index (χ1n) is 9.03. The lowest BCUT2D eigenvalue weighted by molar-refractivity contribution is 0.0693. The Bertz CT molecular complexity index is 1110. The van der Waals surface area contributed by atoms with Crippen LogP contribution in [0.25, 0.3) is 11.3 Å². The maximum absolute atomic E-state index is 12.5. The van der Waals surface area contributed by atoms with Crippen LogP contribution < -0.4 is 10.6 Å². The second-order valence-corrected chi connectivity index (χ2v) is 6.63. The summed E-state index contributed by atoms with van der Waals surface area (Å²) in [6.45, 7) is 0. The van der Waals surface area contributed by atoms with Gasteiger partial charge >= 0.3 is 12.0 Å². The number of carboxylic acids is 1. The summed E-state index contributed by atoms with van der Waals surface area (Å²) < 4.78 is 0. The first-order chi connectivity index (χ1) is 14.0. The fourth-order valence-electron chi connectivity index (χ4n) is 3.48. The third kappa shape index (κ3) is 3.55. The lowest BCUT2D eigenvalue weighted by atomic mass is 9.87. The smallest absolute Gasteiger partial charge is 0.339 e. The summed E-state index contributed by atoms with van der Waals surface area (Å²) in [5, 5.41) is 25.1. The van der Waals surface area contributed by atoms with Gasteiger partial charge in [-0.25, -0.2) is 9.59 Å². The van der Waals surface area contributed by atoms with Gasteiger partial charge in [0.05, 0.1) is 11.7 Å². The molecule has 3 aromatic rings. The number of carbonyl (C=O) groups excluding carboxylic acids is 1. The number of amides is 2. The van der Waals surface area contributed by atoms with Crippen molar-refractivity contribution >= 4 is 23.3 Å². The van der Waals surface area contributed by atoms with Crippen molar-refractivity contribution in [3.63, 3.8) is 0 Å². The van der Waals surface area contributed by atoms with E-state index < -0.39 is 12.0 Å². The van der Waals surface area contributed by atoms with E-state index in [9.17, 15) is 19.8 Å². The fourth-order valence-corrected chi connectivity index (χ4v) is 3.48. The maximum atomic E-state index is 12.5. The molecule has 4 N–H and O–H groups in total. The summed E-state index contributed by atoms with van der Waals surface area (Å²) in [7, 11) is 0. The van der Waals surface area contributed by atoms with Crippen molar-refractivity contribution in [3.05, 3.63) is 101 Å². The molecule has 1 heterocycles. The molecular formula is C23H18N2O4. The van der Waals surface area contributed by atoms with Crippen LogP contribution in [0.15, 0.2) is 78.9 Å². The minimum Gasteiger partial charge on any atom is -0.507 e. The summed E-state index contributed by atoms with van der Waals surface area (Å²) in [6.07, 6.45) is 0. The summed E-state index contributed by atoms with van der Waals surface area (Å²) in [5.74, 6) is -1.57. The summed E-state index contributed by atoms with van der Waals surface area (Å²) in [4.78, 5) is 23.7. The molecule has 2 amide bonds. The lowest BCUT2D eigenvalue weighted by Crippen LogP contribution is -2.43. The van der Waals surface area contributed by atoms with Crippen LogP contribution in [0.5, 0.6) is 5.75 Å². The average molecular weight is 386 g/mol. The van der Waals surface area contributed by atoms with Crippen LogP contribution in [0, 0.1) is 0 Å². The summed E-state index contributed by atoms with van der Waals surface area (Å²) in [5.41, 5.74) is 3.60. The van der Waals surface area contributed by atoms with Gasteiger partial charge < -0.3 is 20.8 Å². The van der Waals surface area contributed by atoms with E-state index in [1.165, 1.54) is 12.1 Å². The molecule has 0 aromatic heterocycles. The number of carboxylic acid groups (broad SMARTS) is 1. The van der Waals surface area contributed by atoms with Crippen molar-refractivity contribution in [3.8, 4) is 5.75 Å². The summed E-state index contributed by atoms with van der Waals surface area (Å²) in [6, 6.07) is 22.5. The minimum atomic E-state index is -1.22. The highest BCUT2D eigenvalue weighted by Crippen LogP contribution is 2.39. The minimum absolute atomic E-state index is 0.192. The Morgan fingerprint density at radius 3 is 2.07 bits per heavy atom. The van der Waals surface area contributed by atoms with Crippen LogP contribution in [0.3, 0.4) is 0 Å². The molecule has 1 atom stereocenters. The van der Waals surface area contributed by atoms with E-state index in [1.54, 1.807) is 6.07 Å². The number of phenols is 1. The van der Waals surface area contributed by atoms with Gasteiger partial charge in [-0.1, -0.05) is 66.7 Å². The van der Waals surface area contributed by atoms with Gasteiger partial charge in [0.1, 0.15) is 11.3 Å². The Kier molecular flexibility index (Phi) is 4.75. The Morgan fingerprint density at radius 1 is 0.862 bits per heavy atom. The fraction of sp³-hybridized carbons (Fsp3) is 0.0435. The molecule has 1 unspecified atom stereocenters. The predicted octanol–water partition coefficient (Wildman–Crippen LogP) is 4.01. The highest BCUT2D eigenvalue weighted by Gasteiger charge is 2.30. The van der Waals surface area contributed by atoms with Gasteiger partial charge in [0.2, 0.25) is 0 Å². The largest absolute Gasteiger partial charge is 0.507 e. The van der Waals surface area contributed by atoms with Crippen LogP contribution >= 0.6 is 0 Å². The first-order valence-corrected chi connectivity index (χ1v) is 9.03. The number of hydrogen-bond acceptors (Lipinski definition) is 3. The second-order valence-electron chi connectivity index (χ2n) is 6.63. The third-order valence-corrected chi connectivity index (χ3v) is 4.80. The van der Waals surface area contributed by atoms with Gasteiger partial charge in [0, 0.05) is 5.57 Å². The van der Waals surface area contributed by atoms with E-state index >= 15 is 0 Å². The lowest BCUT2D eigenvalue weighted by Gasteiger charge is -2.31. The first kappa shape index (κ1) is 18.3. The number of carbonyl (C=O) groups is 2. The van der Waals surface area contributed by atoms with E-state index in [1.807, 2.05) is 60.7 Å². The number of rotatable bonds is 4. The van der Waals surface area contributed by atoms with Gasteiger partial charge in [-0.15, -0.1) is 0 Å². The number of hydrogen-bond donors (Lipinski definition) is 4.